The van der Waals surface area contributed by atoms with Crippen molar-refractivity contribution in [1.82, 2.24) is 4.31 Å². The molecule has 0 radical (unpaired) electrons. The molecule has 0 aliphatic rings. The first-order valence-corrected chi connectivity index (χ1v) is 9.80. The zero-order chi connectivity index (χ0) is 20.9. The lowest BCUT2D eigenvalue weighted by Crippen LogP contribution is -2.23. The van der Waals surface area contributed by atoms with E-state index in [1.807, 2.05) is 0 Å². The van der Waals surface area contributed by atoms with Gasteiger partial charge in [-0.1, -0.05) is 17.7 Å². The molecular weight excluding hydrogens is 408 g/mol. The van der Waals surface area contributed by atoms with Gasteiger partial charge in [-0.05, 0) is 30.3 Å². The fourth-order valence-electron chi connectivity index (χ4n) is 2.14. The molecule has 0 aliphatic heterocycles. The van der Waals surface area contributed by atoms with Crippen molar-refractivity contribution in [3.63, 3.8) is 0 Å². The molecular formula is C18H19ClN2O6S. The molecule has 1 N–H and O–H groups in total. The molecule has 10 heteroatoms. The number of carbonyl (C=O) groups is 2. The lowest BCUT2D eigenvalue weighted by molar-refractivity contribution is -0.119. The molecule has 0 saturated heterocycles. The first kappa shape index (κ1) is 21.7. The Kier molecular flexibility index (Phi) is 7.00. The number of nitrogens with one attached hydrogen (secondary N) is 1. The minimum Gasteiger partial charge on any atom is -0.497 e. The van der Waals surface area contributed by atoms with E-state index in [-0.39, 0.29) is 15.5 Å². The van der Waals surface area contributed by atoms with Gasteiger partial charge in [0.2, 0.25) is 10.0 Å². The third-order valence-electron chi connectivity index (χ3n) is 3.62. The average Bonchev–Trinajstić information content (AvgIpc) is 2.66. The van der Waals surface area contributed by atoms with Crippen molar-refractivity contribution in [2.75, 3.05) is 33.1 Å². The number of anilines is 1. The van der Waals surface area contributed by atoms with Crippen LogP contribution >= 0.6 is 11.6 Å². The fraction of sp³-hybridized carbons (Fsp3) is 0.222. The number of halogens is 1. The molecule has 150 valence electrons. The molecule has 8 nitrogen and oxygen atoms in total. The van der Waals surface area contributed by atoms with Crippen molar-refractivity contribution in [3.8, 4) is 5.75 Å². The molecule has 0 atom stereocenters. The van der Waals surface area contributed by atoms with Crippen LogP contribution in [0.3, 0.4) is 0 Å². The van der Waals surface area contributed by atoms with Gasteiger partial charge < -0.3 is 14.8 Å². The summed E-state index contributed by atoms with van der Waals surface area (Å²) in [6, 6.07) is 10.3. The average molecular weight is 427 g/mol. The number of nitrogens with zero attached hydrogens (tertiary/aromatic N) is 1. The number of hydrogen-bond acceptors (Lipinski definition) is 6. The normalized spacial score (nSPS) is 11.2. The van der Waals surface area contributed by atoms with Gasteiger partial charge in [0.05, 0.1) is 22.6 Å². The summed E-state index contributed by atoms with van der Waals surface area (Å²) < 4.78 is 35.4. The summed E-state index contributed by atoms with van der Waals surface area (Å²) in [4.78, 5) is 24.1. The van der Waals surface area contributed by atoms with Crippen LogP contribution in [0, 0.1) is 0 Å². The predicted octanol–water partition coefficient (Wildman–Crippen LogP) is 2.39. The van der Waals surface area contributed by atoms with Crippen LogP contribution in [0.4, 0.5) is 5.69 Å². The largest absolute Gasteiger partial charge is 0.497 e. The highest BCUT2D eigenvalue weighted by Crippen LogP contribution is 2.23. The molecule has 0 aliphatic carbocycles. The van der Waals surface area contributed by atoms with Gasteiger partial charge in [0.15, 0.2) is 6.61 Å². The number of esters is 1. The van der Waals surface area contributed by atoms with Crippen molar-refractivity contribution < 1.29 is 27.5 Å². The standard InChI is InChI=1S/C18H19ClN2O6S/c1-21(2)28(24,25)14-7-8-16(19)15(10-14)18(23)27-11-17(22)20-12-5-4-6-13(9-12)26-3/h4-10H,11H2,1-3H3,(H,20,22). The SMILES string of the molecule is COc1cccc(NC(=O)COC(=O)c2cc(S(=O)(=O)N(C)C)ccc2Cl)c1. The number of methoxy groups -OCH3 is 1. The van der Waals surface area contributed by atoms with Crippen molar-refractivity contribution in [2.45, 2.75) is 4.90 Å². The zero-order valence-electron chi connectivity index (χ0n) is 15.4. The summed E-state index contributed by atoms with van der Waals surface area (Å²) in [5.74, 6) is -0.933. The Balaban J connectivity index is 2.07. The van der Waals surface area contributed by atoms with E-state index in [2.05, 4.69) is 5.32 Å². The molecule has 0 fully saturated rings. The number of benzene rings is 2. The van der Waals surface area contributed by atoms with Crippen molar-refractivity contribution >= 4 is 39.2 Å². The van der Waals surface area contributed by atoms with Gasteiger partial charge >= 0.3 is 5.97 Å². The number of carbonyl (C=O) groups excluding carboxylic acids is 2. The monoisotopic (exact) mass is 426 g/mol. The van der Waals surface area contributed by atoms with Gasteiger partial charge in [0, 0.05) is 25.8 Å². The Morgan fingerprint density at radius 2 is 1.86 bits per heavy atom. The van der Waals surface area contributed by atoms with Crippen molar-refractivity contribution in [1.29, 1.82) is 0 Å². The third-order valence-corrected chi connectivity index (χ3v) is 5.76. The topological polar surface area (TPSA) is 102 Å². The van der Waals surface area contributed by atoms with Gasteiger partial charge in [-0.15, -0.1) is 0 Å². The molecule has 0 aromatic heterocycles. The van der Waals surface area contributed by atoms with Gasteiger partial charge in [-0.3, -0.25) is 4.79 Å². The number of sulfonamides is 1. The van der Waals surface area contributed by atoms with E-state index in [4.69, 9.17) is 21.1 Å². The van der Waals surface area contributed by atoms with Gasteiger partial charge in [0.1, 0.15) is 5.75 Å². The summed E-state index contributed by atoms with van der Waals surface area (Å²) in [5.41, 5.74) is 0.316. The summed E-state index contributed by atoms with van der Waals surface area (Å²) in [7, 11) is 0.476. The van der Waals surface area contributed by atoms with Crippen LogP contribution < -0.4 is 10.1 Å². The highest BCUT2D eigenvalue weighted by Gasteiger charge is 2.22. The Labute approximate surface area is 168 Å². The Bertz CT molecular complexity index is 991. The van der Waals surface area contributed by atoms with Crippen molar-refractivity contribution in [3.05, 3.63) is 53.1 Å². The summed E-state index contributed by atoms with van der Waals surface area (Å²) >= 11 is 5.98. The first-order valence-electron chi connectivity index (χ1n) is 7.98. The van der Waals surface area contributed by atoms with E-state index in [0.29, 0.717) is 11.4 Å². The molecule has 0 heterocycles. The van der Waals surface area contributed by atoms with Crippen LogP contribution in [-0.4, -0.2) is 52.4 Å². The molecule has 0 spiro atoms. The Hall–Kier alpha value is -2.62. The van der Waals surface area contributed by atoms with Crippen LogP contribution in [-0.2, 0) is 19.6 Å². The fourth-order valence-corrected chi connectivity index (χ4v) is 3.26. The first-order chi connectivity index (χ1) is 13.1. The molecule has 2 aromatic carbocycles. The second kappa shape index (κ2) is 9.05. The van der Waals surface area contributed by atoms with E-state index in [1.165, 1.54) is 33.3 Å². The lowest BCUT2D eigenvalue weighted by atomic mass is 10.2. The van der Waals surface area contributed by atoms with Gasteiger partial charge in [-0.2, -0.15) is 0 Å². The smallest absolute Gasteiger partial charge is 0.340 e. The molecule has 2 rings (SSSR count). The van der Waals surface area contributed by atoms with E-state index < -0.39 is 28.5 Å². The highest BCUT2D eigenvalue weighted by atomic mass is 35.5. The van der Waals surface area contributed by atoms with Crippen LogP contribution in [0.1, 0.15) is 10.4 Å². The molecule has 0 saturated carbocycles. The number of amides is 1. The van der Waals surface area contributed by atoms with E-state index >= 15 is 0 Å². The van der Waals surface area contributed by atoms with Gasteiger partial charge in [0.25, 0.3) is 5.91 Å². The number of ether oxygens (including phenoxy) is 2. The maximum atomic E-state index is 12.3. The molecule has 0 bridgehead atoms. The second-order valence-corrected chi connectivity index (χ2v) is 8.34. The minimum atomic E-state index is -3.75. The van der Waals surface area contributed by atoms with Crippen molar-refractivity contribution in [2.24, 2.45) is 0 Å². The molecule has 2 aromatic rings. The molecule has 1 amide bonds. The van der Waals surface area contributed by atoms with Crippen LogP contribution in [0.25, 0.3) is 0 Å². The minimum absolute atomic E-state index is 0.0101. The molecule has 0 unspecified atom stereocenters. The van der Waals surface area contributed by atoms with Crippen LogP contribution in [0.2, 0.25) is 5.02 Å². The maximum absolute atomic E-state index is 12.3. The number of rotatable bonds is 7. The summed E-state index contributed by atoms with van der Waals surface area (Å²) in [6.45, 7) is -0.572. The Morgan fingerprint density at radius 3 is 2.50 bits per heavy atom. The quantitative estimate of drug-likeness (QED) is 0.682. The number of hydrogen-bond donors (Lipinski definition) is 1. The van der Waals surface area contributed by atoms with E-state index in [0.717, 1.165) is 10.4 Å². The van der Waals surface area contributed by atoms with E-state index in [1.54, 1.807) is 24.3 Å². The third kappa shape index (κ3) is 5.22. The van der Waals surface area contributed by atoms with Crippen LogP contribution in [0.15, 0.2) is 47.4 Å². The summed E-state index contributed by atoms with van der Waals surface area (Å²) in [6.07, 6.45) is 0. The zero-order valence-corrected chi connectivity index (χ0v) is 17.0. The van der Waals surface area contributed by atoms with E-state index in [9.17, 15) is 18.0 Å². The summed E-state index contributed by atoms with van der Waals surface area (Å²) in [5, 5.41) is 2.57. The van der Waals surface area contributed by atoms with Crippen LogP contribution in [0.5, 0.6) is 5.75 Å². The second-order valence-electron chi connectivity index (χ2n) is 5.79. The highest BCUT2D eigenvalue weighted by molar-refractivity contribution is 7.89. The molecule has 28 heavy (non-hydrogen) atoms. The van der Waals surface area contributed by atoms with Gasteiger partial charge in [-0.25, -0.2) is 17.5 Å². The predicted molar refractivity (Wildman–Crippen MR) is 104 cm³/mol. The maximum Gasteiger partial charge on any atom is 0.340 e. The Morgan fingerprint density at radius 1 is 1.14 bits per heavy atom. The lowest BCUT2D eigenvalue weighted by Gasteiger charge is -2.13.